The number of carbonyl (C=O) groups excluding carboxylic acids is 2. The average Bonchev–Trinajstić information content (AvgIpc) is 3.17. The summed E-state index contributed by atoms with van der Waals surface area (Å²) in [5.41, 5.74) is -0.550. The smallest absolute Gasteiger partial charge is 0.248 e. The fraction of sp³-hybridized carbons (Fsp3) is 0.882. The molecule has 3 aliphatic carbocycles. The van der Waals surface area contributed by atoms with Crippen molar-refractivity contribution >= 4 is 11.8 Å². The minimum absolute atomic E-state index is 0.0701. The van der Waals surface area contributed by atoms with E-state index in [1.807, 2.05) is 4.90 Å². The van der Waals surface area contributed by atoms with Crippen molar-refractivity contribution < 1.29 is 9.59 Å². The Morgan fingerprint density at radius 2 is 1.95 bits per heavy atom. The maximum absolute atomic E-state index is 13.0. The lowest BCUT2D eigenvalue weighted by Gasteiger charge is -2.34. The molecule has 1 spiro atoms. The first-order valence-corrected chi connectivity index (χ1v) is 8.77. The predicted octanol–water partition coefficient (Wildman–Crippen LogP) is 2.08. The Morgan fingerprint density at radius 1 is 1.14 bits per heavy atom. The molecule has 1 saturated heterocycles. The van der Waals surface area contributed by atoms with Gasteiger partial charge in [0.15, 0.2) is 0 Å². The first-order chi connectivity index (χ1) is 10.2. The number of hydrogen-bond donors (Lipinski definition) is 1. The van der Waals surface area contributed by atoms with Crippen LogP contribution in [-0.4, -0.2) is 35.3 Å². The van der Waals surface area contributed by atoms with Crippen molar-refractivity contribution in [1.29, 1.82) is 0 Å². The van der Waals surface area contributed by atoms with E-state index < -0.39 is 5.54 Å². The third kappa shape index (κ3) is 2.27. The van der Waals surface area contributed by atoms with Gasteiger partial charge in [-0.25, -0.2) is 0 Å². The predicted molar refractivity (Wildman–Crippen MR) is 79.5 cm³/mol. The number of carbonyl (C=O) groups is 2. The van der Waals surface area contributed by atoms with Crippen LogP contribution >= 0.6 is 0 Å². The molecule has 21 heavy (non-hydrogen) atoms. The molecule has 116 valence electrons. The molecule has 3 saturated carbocycles. The highest BCUT2D eigenvalue weighted by atomic mass is 16.2. The zero-order valence-corrected chi connectivity index (χ0v) is 12.8. The molecule has 0 aromatic carbocycles. The lowest BCUT2D eigenvalue weighted by molar-refractivity contribution is -0.139. The van der Waals surface area contributed by atoms with Crippen LogP contribution in [0.15, 0.2) is 0 Å². The Kier molecular flexibility index (Phi) is 3.23. The molecule has 0 aromatic heterocycles. The molecule has 3 unspecified atom stereocenters. The highest BCUT2D eigenvalue weighted by Gasteiger charge is 2.48. The van der Waals surface area contributed by atoms with Gasteiger partial charge in [-0.1, -0.05) is 19.3 Å². The molecule has 0 aromatic rings. The molecule has 4 heteroatoms. The number of nitrogens with one attached hydrogen (secondary N) is 1. The van der Waals surface area contributed by atoms with Crippen molar-refractivity contribution in [2.24, 2.45) is 17.8 Å². The zero-order chi connectivity index (χ0) is 14.4. The molecule has 4 rings (SSSR count). The van der Waals surface area contributed by atoms with Crippen LogP contribution in [0.3, 0.4) is 0 Å². The lowest BCUT2D eigenvalue weighted by Crippen LogP contribution is -2.56. The van der Waals surface area contributed by atoms with Crippen LogP contribution in [-0.2, 0) is 9.59 Å². The number of fused-ring (bicyclic) bond motifs is 2. The van der Waals surface area contributed by atoms with Gasteiger partial charge in [0.05, 0.1) is 0 Å². The molecule has 1 aliphatic heterocycles. The highest BCUT2D eigenvalue weighted by molar-refractivity contribution is 5.93. The van der Waals surface area contributed by atoms with Crippen LogP contribution < -0.4 is 5.32 Å². The maximum atomic E-state index is 13.0. The third-order valence-electron chi connectivity index (χ3n) is 6.48. The Bertz CT molecular complexity index is 456. The van der Waals surface area contributed by atoms with Gasteiger partial charge in [0.25, 0.3) is 0 Å². The van der Waals surface area contributed by atoms with E-state index in [1.165, 1.54) is 25.7 Å². The van der Waals surface area contributed by atoms with Crippen LogP contribution in [0.1, 0.15) is 57.8 Å². The molecular weight excluding hydrogens is 264 g/mol. The van der Waals surface area contributed by atoms with Crippen molar-refractivity contribution in [3.05, 3.63) is 0 Å². The molecule has 0 radical (unpaired) electrons. The second kappa shape index (κ2) is 4.99. The van der Waals surface area contributed by atoms with Gasteiger partial charge in [0.1, 0.15) is 5.54 Å². The first kappa shape index (κ1) is 13.6. The Labute approximate surface area is 126 Å². The van der Waals surface area contributed by atoms with E-state index in [4.69, 9.17) is 0 Å². The Balaban J connectivity index is 1.51. The number of amides is 2. The lowest BCUT2D eigenvalue weighted by atomic mass is 9.87. The molecule has 1 N–H and O–H groups in total. The standard InChI is InChI=1S/C17H26N2O2/c20-15-5-8-19(11-14-10-12-3-4-13(14)9-12)16(21)17(18-15)6-1-2-7-17/h12-14H,1-11H2,(H,18,20). The van der Waals surface area contributed by atoms with Gasteiger partial charge in [-0.2, -0.15) is 0 Å². The molecule has 4 fully saturated rings. The van der Waals surface area contributed by atoms with Crippen molar-refractivity contribution in [1.82, 2.24) is 10.2 Å². The maximum Gasteiger partial charge on any atom is 0.248 e. The highest BCUT2D eigenvalue weighted by Crippen LogP contribution is 2.48. The van der Waals surface area contributed by atoms with E-state index >= 15 is 0 Å². The van der Waals surface area contributed by atoms with Gasteiger partial charge in [-0.05, 0) is 49.9 Å². The van der Waals surface area contributed by atoms with Crippen LogP contribution in [0.4, 0.5) is 0 Å². The van der Waals surface area contributed by atoms with Gasteiger partial charge >= 0.3 is 0 Å². The minimum atomic E-state index is -0.550. The minimum Gasteiger partial charge on any atom is -0.342 e. The van der Waals surface area contributed by atoms with Crippen molar-refractivity contribution in [2.75, 3.05) is 13.1 Å². The van der Waals surface area contributed by atoms with Crippen molar-refractivity contribution in [3.8, 4) is 0 Å². The summed E-state index contributed by atoms with van der Waals surface area (Å²) < 4.78 is 0. The summed E-state index contributed by atoms with van der Waals surface area (Å²) in [6.07, 6.45) is 9.74. The molecule has 3 atom stereocenters. The summed E-state index contributed by atoms with van der Waals surface area (Å²) in [6.45, 7) is 1.52. The van der Waals surface area contributed by atoms with Crippen molar-refractivity contribution in [2.45, 2.75) is 63.3 Å². The van der Waals surface area contributed by atoms with E-state index in [9.17, 15) is 9.59 Å². The van der Waals surface area contributed by atoms with Gasteiger partial charge in [0.2, 0.25) is 11.8 Å². The van der Waals surface area contributed by atoms with Crippen LogP contribution in [0, 0.1) is 17.8 Å². The fourth-order valence-corrected chi connectivity index (χ4v) is 5.40. The van der Waals surface area contributed by atoms with E-state index in [1.54, 1.807) is 0 Å². The largest absolute Gasteiger partial charge is 0.342 e. The molecule has 4 aliphatic rings. The number of rotatable bonds is 2. The summed E-state index contributed by atoms with van der Waals surface area (Å²) in [6, 6.07) is 0. The SMILES string of the molecule is O=C1CCN(CC2CC3CCC2C3)C(=O)C2(CCCC2)N1. The second-order valence-electron chi connectivity index (χ2n) is 7.77. The molecule has 2 bridgehead atoms. The molecule has 4 nitrogen and oxygen atoms in total. The monoisotopic (exact) mass is 290 g/mol. The average molecular weight is 290 g/mol. The number of hydrogen-bond acceptors (Lipinski definition) is 2. The van der Waals surface area contributed by atoms with Gasteiger partial charge in [0, 0.05) is 19.5 Å². The Morgan fingerprint density at radius 3 is 2.62 bits per heavy atom. The molecule has 1 heterocycles. The van der Waals surface area contributed by atoms with E-state index in [-0.39, 0.29) is 11.8 Å². The second-order valence-corrected chi connectivity index (χ2v) is 7.77. The first-order valence-electron chi connectivity index (χ1n) is 8.77. The summed E-state index contributed by atoms with van der Waals surface area (Å²) in [5.74, 6) is 2.74. The summed E-state index contributed by atoms with van der Waals surface area (Å²) >= 11 is 0. The van der Waals surface area contributed by atoms with Crippen LogP contribution in [0.5, 0.6) is 0 Å². The Hall–Kier alpha value is -1.06. The van der Waals surface area contributed by atoms with Gasteiger partial charge in [-0.3, -0.25) is 9.59 Å². The topological polar surface area (TPSA) is 49.4 Å². The fourth-order valence-electron chi connectivity index (χ4n) is 5.40. The molecular formula is C17H26N2O2. The molecule has 2 amide bonds. The summed E-state index contributed by atoms with van der Waals surface area (Å²) in [7, 11) is 0. The van der Waals surface area contributed by atoms with E-state index in [2.05, 4.69) is 5.32 Å². The van der Waals surface area contributed by atoms with Crippen LogP contribution in [0.2, 0.25) is 0 Å². The summed E-state index contributed by atoms with van der Waals surface area (Å²) in [4.78, 5) is 27.1. The number of nitrogens with zero attached hydrogens (tertiary/aromatic N) is 1. The normalized spacial score (nSPS) is 38.1. The van der Waals surface area contributed by atoms with Gasteiger partial charge < -0.3 is 10.2 Å². The zero-order valence-electron chi connectivity index (χ0n) is 12.8. The third-order valence-corrected chi connectivity index (χ3v) is 6.48. The van der Waals surface area contributed by atoms with Crippen molar-refractivity contribution in [3.63, 3.8) is 0 Å². The van der Waals surface area contributed by atoms with Gasteiger partial charge in [-0.15, -0.1) is 0 Å². The van der Waals surface area contributed by atoms with Crippen LogP contribution in [0.25, 0.3) is 0 Å². The summed E-state index contributed by atoms with van der Waals surface area (Å²) in [5, 5.41) is 3.06. The quantitative estimate of drug-likeness (QED) is 0.846. The van der Waals surface area contributed by atoms with E-state index in [0.29, 0.717) is 18.9 Å². The van der Waals surface area contributed by atoms with E-state index in [0.717, 1.165) is 44.1 Å².